The number of hydrogen-bond donors (Lipinski definition) is 2. The van der Waals surface area contributed by atoms with Crippen molar-refractivity contribution in [1.29, 1.82) is 0 Å². The van der Waals surface area contributed by atoms with Crippen LogP contribution in [-0.4, -0.2) is 52.0 Å². The van der Waals surface area contributed by atoms with Crippen LogP contribution in [0.4, 0.5) is 8.78 Å². The summed E-state index contributed by atoms with van der Waals surface area (Å²) in [6.45, 7) is 6.56. The predicted octanol–water partition coefficient (Wildman–Crippen LogP) is 1.82. The van der Waals surface area contributed by atoms with Gasteiger partial charge in [0.1, 0.15) is 29.9 Å². The molecule has 0 aliphatic rings. The number of hydrogen-bond acceptors (Lipinski definition) is 6. The van der Waals surface area contributed by atoms with Crippen molar-refractivity contribution in [3.63, 3.8) is 0 Å². The summed E-state index contributed by atoms with van der Waals surface area (Å²) in [6, 6.07) is 2.46. The molecule has 2 N–H and O–H groups in total. The second-order valence-electron chi connectivity index (χ2n) is 6.11. The molecule has 2 aromatic rings. The van der Waals surface area contributed by atoms with Gasteiger partial charge in [-0.3, -0.25) is 0 Å². The zero-order valence-corrected chi connectivity index (χ0v) is 15.7. The average Bonchev–Trinajstić information content (AvgIpc) is 3.12. The lowest BCUT2D eigenvalue weighted by Gasteiger charge is -2.36. The highest BCUT2D eigenvalue weighted by Crippen LogP contribution is 2.30. The predicted molar refractivity (Wildman–Crippen MR) is 94.8 cm³/mol. The van der Waals surface area contributed by atoms with Crippen LogP contribution < -0.4 is 5.32 Å². The standard InChI is InChI=1S/C18H26F2N4O3/c1-4-26-17(27-5-2)9-22-13(3)18(25,10-24-12-21-11-23-24)15-7-6-14(19)8-16(15)20/h6-8,11-13,17,22,25H,4-5,9-10H2,1-3H3/t13-,18+/m0/s1. The maximum absolute atomic E-state index is 14.5. The summed E-state index contributed by atoms with van der Waals surface area (Å²) in [4.78, 5) is 3.85. The Labute approximate surface area is 157 Å². The number of ether oxygens (including phenoxy) is 2. The smallest absolute Gasteiger partial charge is 0.169 e. The maximum Gasteiger partial charge on any atom is 0.169 e. The van der Waals surface area contributed by atoms with E-state index in [9.17, 15) is 13.9 Å². The van der Waals surface area contributed by atoms with E-state index < -0.39 is 29.6 Å². The van der Waals surface area contributed by atoms with E-state index in [1.165, 1.54) is 23.4 Å². The van der Waals surface area contributed by atoms with Gasteiger partial charge in [-0.25, -0.2) is 18.4 Å². The number of halogens is 2. The average molecular weight is 384 g/mol. The fourth-order valence-corrected chi connectivity index (χ4v) is 2.84. The maximum atomic E-state index is 14.5. The Kier molecular flexibility index (Phi) is 7.78. The Hall–Kier alpha value is -1.94. The van der Waals surface area contributed by atoms with Crippen LogP contribution in [0.2, 0.25) is 0 Å². The molecule has 150 valence electrons. The lowest BCUT2D eigenvalue weighted by Crippen LogP contribution is -2.52. The van der Waals surface area contributed by atoms with Crippen molar-refractivity contribution in [1.82, 2.24) is 20.1 Å². The van der Waals surface area contributed by atoms with Gasteiger partial charge in [0.15, 0.2) is 6.29 Å². The van der Waals surface area contributed by atoms with Crippen molar-refractivity contribution in [2.45, 2.75) is 45.2 Å². The van der Waals surface area contributed by atoms with Crippen LogP contribution in [0.3, 0.4) is 0 Å². The van der Waals surface area contributed by atoms with E-state index in [0.717, 1.165) is 12.1 Å². The lowest BCUT2D eigenvalue weighted by molar-refractivity contribution is -0.137. The van der Waals surface area contributed by atoms with Crippen molar-refractivity contribution in [3.8, 4) is 0 Å². The number of nitrogens with zero attached hydrogens (tertiary/aromatic N) is 3. The van der Waals surface area contributed by atoms with Crippen LogP contribution >= 0.6 is 0 Å². The van der Waals surface area contributed by atoms with Crippen molar-refractivity contribution < 1.29 is 23.4 Å². The van der Waals surface area contributed by atoms with Crippen LogP contribution in [0, 0.1) is 11.6 Å². The molecule has 1 aromatic heterocycles. The summed E-state index contributed by atoms with van der Waals surface area (Å²) >= 11 is 0. The molecular weight excluding hydrogens is 358 g/mol. The van der Waals surface area contributed by atoms with E-state index >= 15 is 0 Å². The highest BCUT2D eigenvalue weighted by Gasteiger charge is 2.39. The largest absolute Gasteiger partial charge is 0.381 e. The summed E-state index contributed by atoms with van der Waals surface area (Å²) in [6.07, 6.45) is 2.23. The molecule has 1 heterocycles. The van der Waals surface area contributed by atoms with E-state index in [2.05, 4.69) is 15.4 Å². The van der Waals surface area contributed by atoms with Crippen LogP contribution in [0.25, 0.3) is 0 Å². The molecule has 1 aromatic carbocycles. The van der Waals surface area contributed by atoms with Crippen molar-refractivity contribution in [2.75, 3.05) is 19.8 Å². The van der Waals surface area contributed by atoms with E-state index in [0.29, 0.717) is 13.2 Å². The summed E-state index contributed by atoms with van der Waals surface area (Å²) < 4.78 is 40.1. The third kappa shape index (κ3) is 5.52. The SMILES string of the molecule is CCOC(CN[C@@H](C)[C@](O)(Cn1cncn1)c1ccc(F)cc1F)OCC. The van der Waals surface area contributed by atoms with Gasteiger partial charge in [-0.15, -0.1) is 0 Å². The fraction of sp³-hybridized carbons (Fsp3) is 0.556. The van der Waals surface area contributed by atoms with Crippen LogP contribution in [-0.2, 0) is 21.6 Å². The lowest BCUT2D eigenvalue weighted by atomic mass is 9.86. The first-order valence-corrected chi connectivity index (χ1v) is 8.87. The Balaban J connectivity index is 2.25. The van der Waals surface area contributed by atoms with Gasteiger partial charge in [-0.1, -0.05) is 6.07 Å². The first-order valence-electron chi connectivity index (χ1n) is 8.87. The molecule has 0 fully saturated rings. The molecule has 0 saturated carbocycles. The Morgan fingerprint density at radius 1 is 1.26 bits per heavy atom. The molecule has 0 unspecified atom stereocenters. The molecule has 27 heavy (non-hydrogen) atoms. The molecule has 2 rings (SSSR count). The molecular formula is C18H26F2N4O3. The number of rotatable bonds is 11. The molecule has 0 aliphatic heterocycles. The Bertz CT molecular complexity index is 696. The quantitative estimate of drug-likeness (QED) is 0.575. The van der Waals surface area contributed by atoms with Crippen molar-refractivity contribution in [2.24, 2.45) is 0 Å². The molecule has 0 aliphatic carbocycles. The molecule has 0 bridgehead atoms. The second-order valence-corrected chi connectivity index (χ2v) is 6.11. The van der Waals surface area contributed by atoms with Crippen molar-refractivity contribution >= 4 is 0 Å². The van der Waals surface area contributed by atoms with Gasteiger partial charge in [-0.05, 0) is 26.8 Å². The number of aromatic nitrogens is 3. The van der Waals surface area contributed by atoms with Crippen LogP contribution in [0.5, 0.6) is 0 Å². The van der Waals surface area contributed by atoms with Crippen LogP contribution in [0.1, 0.15) is 26.3 Å². The van der Waals surface area contributed by atoms with Crippen molar-refractivity contribution in [3.05, 3.63) is 48.1 Å². The summed E-state index contributed by atoms with van der Waals surface area (Å²) in [7, 11) is 0. The van der Waals surface area contributed by atoms with Gasteiger partial charge in [-0.2, -0.15) is 5.10 Å². The fourth-order valence-electron chi connectivity index (χ4n) is 2.84. The Morgan fingerprint density at radius 3 is 2.52 bits per heavy atom. The zero-order valence-electron chi connectivity index (χ0n) is 15.7. The van der Waals surface area contributed by atoms with Gasteiger partial charge in [0.05, 0.1) is 6.54 Å². The van der Waals surface area contributed by atoms with Gasteiger partial charge in [0, 0.05) is 37.4 Å². The molecule has 0 amide bonds. The summed E-state index contributed by atoms with van der Waals surface area (Å²) in [5.41, 5.74) is -1.75. The highest BCUT2D eigenvalue weighted by molar-refractivity contribution is 5.27. The number of benzene rings is 1. The monoisotopic (exact) mass is 384 g/mol. The van der Waals surface area contributed by atoms with E-state index in [1.54, 1.807) is 6.92 Å². The third-order valence-electron chi connectivity index (χ3n) is 4.28. The normalized spacial score (nSPS) is 15.1. The minimum absolute atomic E-state index is 0.0382. The Morgan fingerprint density at radius 2 is 1.96 bits per heavy atom. The van der Waals surface area contributed by atoms with Gasteiger partial charge >= 0.3 is 0 Å². The number of aliphatic hydroxyl groups is 1. The van der Waals surface area contributed by atoms with Gasteiger partial charge in [0.2, 0.25) is 0 Å². The molecule has 0 radical (unpaired) electrons. The summed E-state index contributed by atoms with van der Waals surface area (Å²) in [5.74, 6) is -1.55. The summed E-state index contributed by atoms with van der Waals surface area (Å²) in [5, 5.41) is 18.5. The topological polar surface area (TPSA) is 81.4 Å². The minimum Gasteiger partial charge on any atom is -0.381 e. The zero-order chi connectivity index (χ0) is 19.9. The molecule has 0 spiro atoms. The second kappa shape index (κ2) is 9.84. The van der Waals surface area contributed by atoms with Gasteiger partial charge in [0.25, 0.3) is 0 Å². The molecule has 7 nitrogen and oxygen atoms in total. The van der Waals surface area contributed by atoms with Gasteiger partial charge < -0.3 is 19.9 Å². The van der Waals surface area contributed by atoms with E-state index in [-0.39, 0.29) is 18.7 Å². The molecule has 9 heteroatoms. The number of nitrogens with one attached hydrogen (secondary N) is 1. The van der Waals surface area contributed by atoms with Crippen LogP contribution in [0.15, 0.2) is 30.9 Å². The minimum atomic E-state index is -1.71. The molecule has 0 saturated heterocycles. The third-order valence-corrected chi connectivity index (χ3v) is 4.28. The first kappa shape index (κ1) is 21.4. The van der Waals surface area contributed by atoms with E-state index in [4.69, 9.17) is 9.47 Å². The van der Waals surface area contributed by atoms with E-state index in [1.807, 2.05) is 13.8 Å². The molecule has 2 atom stereocenters. The highest BCUT2D eigenvalue weighted by atomic mass is 19.1. The first-order chi connectivity index (χ1) is 12.9.